The maximum absolute atomic E-state index is 12.1. The monoisotopic (exact) mass is 336 g/mol. The quantitative estimate of drug-likeness (QED) is 0.254. The zero-order valence-corrected chi connectivity index (χ0v) is 13.4. The molecule has 0 radical (unpaired) electrons. The number of carbonyl (C=O) groups is 3. The van der Waals surface area contributed by atoms with Crippen LogP contribution in [-0.2, 0) is 19.1 Å². The topological polar surface area (TPSA) is 145 Å². The van der Waals surface area contributed by atoms with Crippen molar-refractivity contribution < 1.29 is 29.0 Å². The van der Waals surface area contributed by atoms with Crippen LogP contribution in [0.2, 0.25) is 0 Å². The van der Waals surface area contributed by atoms with E-state index in [0.717, 1.165) is 0 Å². The lowest BCUT2D eigenvalue weighted by molar-refractivity contribution is -0.152. The average molecular weight is 336 g/mol. The highest BCUT2D eigenvalue weighted by Crippen LogP contribution is 2.13. The highest BCUT2D eigenvalue weighted by atomic mass is 16.5. The van der Waals surface area contributed by atoms with Gasteiger partial charge < -0.3 is 25.7 Å². The summed E-state index contributed by atoms with van der Waals surface area (Å²) in [6.45, 7) is 3.30. The van der Waals surface area contributed by atoms with Crippen LogP contribution < -0.4 is 5.32 Å². The largest absolute Gasteiger partial charge is 0.461 e. The number of rotatable bonds is 9. The number of esters is 1. The van der Waals surface area contributed by atoms with E-state index in [4.69, 9.17) is 10.3 Å². The van der Waals surface area contributed by atoms with Crippen LogP contribution in [0.25, 0.3) is 5.53 Å². The molecule has 1 aromatic heterocycles. The van der Waals surface area contributed by atoms with Gasteiger partial charge in [0.25, 0.3) is 5.91 Å². The van der Waals surface area contributed by atoms with E-state index in [-0.39, 0.29) is 12.8 Å². The van der Waals surface area contributed by atoms with Gasteiger partial charge in [-0.25, -0.2) is 4.79 Å². The number of nitrogens with one attached hydrogen (secondary N) is 2. The Bertz CT molecular complexity index is 620. The van der Waals surface area contributed by atoms with Gasteiger partial charge in [-0.05, 0) is 26.3 Å². The van der Waals surface area contributed by atoms with E-state index in [1.807, 2.05) is 0 Å². The van der Waals surface area contributed by atoms with Crippen molar-refractivity contribution in [3.63, 3.8) is 0 Å². The van der Waals surface area contributed by atoms with Gasteiger partial charge in [0.15, 0.2) is 6.10 Å². The second kappa shape index (κ2) is 9.39. The zero-order chi connectivity index (χ0) is 18.1. The number of Topliss-reactive ketones (excluding diaryl/α,β-unsaturated/α-hetero) is 1. The molecule has 1 heterocycles. The molecule has 1 amide bonds. The lowest BCUT2D eigenvalue weighted by atomic mass is 10.1. The van der Waals surface area contributed by atoms with E-state index in [1.165, 1.54) is 12.3 Å². The third kappa shape index (κ3) is 6.15. The van der Waals surface area contributed by atoms with E-state index >= 15 is 0 Å². The Balaban J connectivity index is 2.76. The molecule has 0 aliphatic rings. The van der Waals surface area contributed by atoms with Crippen LogP contribution >= 0.6 is 0 Å². The minimum absolute atomic E-state index is 0.0536. The fraction of sp³-hybridized carbons (Fsp3) is 0.467. The molecule has 0 aliphatic heterocycles. The van der Waals surface area contributed by atoms with Gasteiger partial charge >= 0.3 is 12.2 Å². The molecular weight excluding hydrogens is 316 g/mol. The van der Waals surface area contributed by atoms with E-state index < -0.39 is 35.9 Å². The lowest BCUT2D eigenvalue weighted by Crippen LogP contribution is -2.44. The molecule has 0 bridgehead atoms. The highest BCUT2D eigenvalue weighted by molar-refractivity contribution is 6.25. The number of hydrogen-bond donors (Lipinski definition) is 3. The fourth-order valence-electron chi connectivity index (χ4n) is 1.89. The van der Waals surface area contributed by atoms with Crippen molar-refractivity contribution >= 4 is 23.9 Å². The number of amides is 1. The Morgan fingerprint density at radius 2 is 2.17 bits per heavy atom. The van der Waals surface area contributed by atoms with Gasteiger partial charge in [-0.3, -0.25) is 9.59 Å². The van der Waals surface area contributed by atoms with Crippen molar-refractivity contribution in [2.24, 2.45) is 0 Å². The number of aliphatic hydroxyl groups excluding tert-OH is 1. The minimum Gasteiger partial charge on any atom is -0.461 e. The average Bonchev–Trinajstić information content (AvgIpc) is 3.04. The predicted octanol–water partition coefficient (Wildman–Crippen LogP) is 0.134. The number of nitrogens with zero attached hydrogens (tertiary/aromatic N) is 2. The molecule has 0 aromatic carbocycles. The molecule has 24 heavy (non-hydrogen) atoms. The van der Waals surface area contributed by atoms with Crippen LogP contribution in [0, 0.1) is 0 Å². The molecule has 0 aliphatic carbocycles. The molecule has 3 N–H and O–H groups in total. The van der Waals surface area contributed by atoms with Gasteiger partial charge in [-0.1, -0.05) is 0 Å². The maximum Gasteiger partial charge on any atom is 0.328 e. The van der Waals surface area contributed by atoms with Crippen molar-refractivity contribution in [3.8, 4) is 0 Å². The SMILES string of the molecule is CC(C)OC(=O)[C@H](CCC(=O)C=[N+]=[N-])NC(=O)[C@H](O)c1cc[nH]c1. The first-order valence-electron chi connectivity index (χ1n) is 7.37. The number of hydrogen-bond acceptors (Lipinski definition) is 5. The van der Waals surface area contributed by atoms with Crippen molar-refractivity contribution in [1.82, 2.24) is 10.3 Å². The van der Waals surface area contributed by atoms with E-state index in [0.29, 0.717) is 11.8 Å². The van der Waals surface area contributed by atoms with Crippen LogP contribution in [0.4, 0.5) is 0 Å². The summed E-state index contributed by atoms with van der Waals surface area (Å²) in [4.78, 5) is 40.8. The molecule has 9 nitrogen and oxygen atoms in total. The molecule has 0 unspecified atom stereocenters. The van der Waals surface area contributed by atoms with Crippen LogP contribution in [0.15, 0.2) is 18.5 Å². The number of H-pyrrole nitrogens is 1. The minimum atomic E-state index is -1.46. The summed E-state index contributed by atoms with van der Waals surface area (Å²) in [7, 11) is 0. The second-order valence-electron chi connectivity index (χ2n) is 5.34. The molecule has 0 spiro atoms. The molecule has 2 atom stereocenters. The van der Waals surface area contributed by atoms with E-state index in [9.17, 15) is 19.5 Å². The number of carbonyl (C=O) groups excluding carboxylic acids is 3. The first-order valence-corrected chi connectivity index (χ1v) is 7.37. The number of aromatic nitrogens is 1. The number of ether oxygens (including phenoxy) is 1. The van der Waals surface area contributed by atoms with Crippen molar-refractivity contribution in [2.45, 2.75) is 44.9 Å². The molecule has 1 rings (SSSR count). The summed E-state index contributed by atoms with van der Waals surface area (Å²) < 4.78 is 5.04. The predicted molar refractivity (Wildman–Crippen MR) is 82.8 cm³/mol. The van der Waals surface area contributed by atoms with E-state index in [2.05, 4.69) is 15.1 Å². The summed E-state index contributed by atoms with van der Waals surface area (Å²) in [6.07, 6.45) is 1.66. The van der Waals surface area contributed by atoms with Gasteiger partial charge in [0.05, 0.1) is 6.10 Å². The third-order valence-electron chi connectivity index (χ3n) is 3.02. The number of aliphatic hydroxyl groups is 1. The van der Waals surface area contributed by atoms with Gasteiger partial charge in [0.1, 0.15) is 6.04 Å². The number of ketones is 1. The van der Waals surface area contributed by atoms with Crippen molar-refractivity contribution in [3.05, 3.63) is 29.6 Å². The normalized spacial score (nSPS) is 12.8. The third-order valence-corrected chi connectivity index (χ3v) is 3.02. The Hall–Kier alpha value is -2.77. The zero-order valence-electron chi connectivity index (χ0n) is 13.4. The summed E-state index contributed by atoms with van der Waals surface area (Å²) in [5.41, 5.74) is 8.64. The summed E-state index contributed by atoms with van der Waals surface area (Å²) in [5.74, 6) is -2.02. The van der Waals surface area contributed by atoms with Crippen molar-refractivity contribution in [1.29, 1.82) is 0 Å². The van der Waals surface area contributed by atoms with Crippen molar-refractivity contribution in [2.75, 3.05) is 0 Å². The molecule has 130 valence electrons. The van der Waals surface area contributed by atoms with Gasteiger partial charge in [0.2, 0.25) is 5.78 Å². The molecule has 1 aromatic rings. The van der Waals surface area contributed by atoms with Crippen LogP contribution in [0.1, 0.15) is 38.4 Å². The molecule has 9 heteroatoms. The molecule has 0 saturated carbocycles. The maximum atomic E-state index is 12.1. The van der Waals surface area contributed by atoms with E-state index in [1.54, 1.807) is 20.0 Å². The molecule has 0 saturated heterocycles. The standard InChI is InChI=1S/C15H20N4O5/c1-9(2)24-15(23)12(4-3-11(20)8-18-16)19-14(22)13(21)10-5-6-17-7-10/h5-9,12-13,17,21H,3-4H2,1-2H3,(H,19,22)/t12-,13+/m0/s1. The lowest BCUT2D eigenvalue weighted by Gasteiger charge is -2.20. The second-order valence-corrected chi connectivity index (χ2v) is 5.34. The Morgan fingerprint density at radius 1 is 1.46 bits per heavy atom. The first-order chi connectivity index (χ1) is 11.3. The Labute approximate surface area is 138 Å². The Morgan fingerprint density at radius 3 is 2.71 bits per heavy atom. The van der Waals surface area contributed by atoms with Crippen LogP contribution in [0.5, 0.6) is 0 Å². The van der Waals surface area contributed by atoms with Gasteiger partial charge in [0, 0.05) is 24.4 Å². The Kier molecular flexibility index (Phi) is 7.54. The molecular formula is C15H20N4O5. The summed E-state index contributed by atoms with van der Waals surface area (Å²) in [5, 5.41) is 12.3. The van der Waals surface area contributed by atoms with Crippen LogP contribution in [0.3, 0.4) is 0 Å². The first kappa shape index (κ1) is 19.3. The fourth-order valence-corrected chi connectivity index (χ4v) is 1.89. The van der Waals surface area contributed by atoms with Gasteiger partial charge in [-0.2, -0.15) is 4.79 Å². The number of aromatic amines is 1. The van der Waals surface area contributed by atoms with Crippen LogP contribution in [-0.4, -0.2) is 50.9 Å². The molecule has 0 fully saturated rings. The smallest absolute Gasteiger partial charge is 0.328 e. The van der Waals surface area contributed by atoms with Gasteiger partial charge in [-0.15, -0.1) is 0 Å². The summed E-state index contributed by atoms with van der Waals surface area (Å²) in [6, 6.07) is 0.414. The highest BCUT2D eigenvalue weighted by Gasteiger charge is 2.27. The summed E-state index contributed by atoms with van der Waals surface area (Å²) >= 11 is 0.